The van der Waals surface area contributed by atoms with Crippen molar-refractivity contribution >= 4 is 5.78 Å². The van der Waals surface area contributed by atoms with Crippen LogP contribution in [-0.4, -0.2) is 38.8 Å². The molecule has 0 N–H and O–H groups in total. The molecule has 0 aromatic carbocycles. The summed E-state index contributed by atoms with van der Waals surface area (Å²) in [7, 11) is 0. The average Bonchev–Trinajstić information content (AvgIpc) is 2.45. The van der Waals surface area contributed by atoms with Gasteiger partial charge in [-0.15, -0.1) is 0 Å². The van der Waals surface area contributed by atoms with Crippen LogP contribution in [0.5, 0.6) is 5.75 Å². The maximum absolute atomic E-state index is 12.0. The molecule has 6 nitrogen and oxygen atoms in total. The third kappa shape index (κ3) is 3.28. The molecule has 0 bridgehead atoms. The summed E-state index contributed by atoms with van der Waals surface area (Å²) in [5.74, 6) is 0.0183. The van der Waals surface area contributed by atoms with Gasteiger partial charge >= 0.3 is 0 Å². The molecule has 20 heavy (non-hydrogen) atoms. The average molecular weight is 280 g/mol. The monoisotopic (exact) mass is 280 g/mol. The molecule has 0 radical (unpaired) electrons. The lowest BCUT2D eigenvalue weighted by molar-refractivity contribution is 0.0815. The number of ether oxygens (including phenoxy) is 1. The van der Waals surface area contributed by atoms with Crippen LogP contribution in [0.25, 0.3) is 11.5 Å². The molecule has 2 aromatic heterocycles. The number of halogens is 2. The standard InChI is InChI=1S/C12H10F2N4O2/c1-7(19)10-11(16-3-2-15-10)12-17-4-8(5-18-12)20-6-9(13)14/h2-5,9H,6H2,1H3. The number of Topliss-reactive ketones (excluding diaryl/α,β-unsaturated/α-hetero) is 1. The SMILES string of the molecule is CC(=O)c1nccnc1-c1ncc(OCC(F)F)cn1. The first kappa shape index (κ1) is 13.9. The van der Waals surface area contributed by atoms with Gasteiger partial charge < -0.3 is 4.74 Å². The van der Waals surface area contributed by atoms with Gasteiger partial charge in [-0.2, -0.15) is 0 Å². The Balaban J connectivity index is 2.24. The number of alkyl halides is 2. The van der Waals surface area contributed by atoms with E-state index < -0.39 is 13.0 Å². The molecule has 104 valence electrons. The summed E-state index contributed by atoms with van der Waals surface area (Å²) in [6, 6.07) is 0. The Morgan fingerprint density at radius 3 is 2.45 bits per heavy atom. The van der Waals surface area contributed by atoms with Gasteiger partial charge in [-0.05, 0) is 0 Å². The lowest BCUT2D eigenvalue weighted by Gasteiger charge is -2.06. The molecule has 0 amide bonds. The van der Waals surface area contributed by atoms with E-state index in [1.165, 1.54) is 31.7 Å². The van der Waals surface area contributed by atoms with Crippen LogP contribution in [0.15, 0.2) is 24.8 Å². The zero-order valence-electron chi connectivity index (χ0n) is 10.5. The molecule has 0 aliphatic heterocycles. The summed E-state index contributed by atoms with van der Waals surface area (Å²) in [6.45, 7) is 0.625. The Bertz CT molecular complexity index is 605. The van der Waals surface area contributed by atoms with Crippen molar-refractivity contribution in [1.29, 1.82) is 0 Å². The van der Waals surface area contributed by atoms with Gasteiger partial charge in [0.25, 0.3) is 6.43 Å². The Kier molecular flexibility index (Phi) is 4.24. The van der Waals surface area contributed by atoms with E-state index in [1.54, 1.807) is 0 Å². The van der Waals surface area contributed by atoms with Crippen LogP contribution in [0.3, 0.4) is 0 Å². The molecule has 0 unspecified atom stereocenters. The number of carbonyl (C=O) groups is 1. The highest BCUT2D eigenvalue weighted by Gasteiger charge is 2.14. The minimum atomic E-state index is -2.57. The van der Waals surface area contributed by atoms with Gasteiger partial charge in [0.1, 0.15) is 18.0 Å². The van der Waals surface area contributed by atoms with Crippen molar-refractivity contribution in [3.8, 4) is 17.3 Å². The van der Waals surface area contributed by atoms with Crippen LogP contribution in [0, 0.1) is 0 Å². The van der Waals surface area contributed by atoms with Crippen LogP contribution in [0.1, 0.15) is 17.4 Å². The molecular formula is C12H10F2N4O2. The van der Waals surface area contributed by atoms with Crippen LogP contribution in [-0.2, 0) is 0 Å². The van der Waals surface area contributed by atoms with Gasteiger partial charge in [0.05, 0.1) is 12.4 Å². The number of ketones is 1. The number of hydrogen-bond donors (Lipinski definition) is 0. The lowest BCUT2D eigenvalue weighted by atomic mass is 10.2. The Morgan fingerprint density at radius 1 is 1.20 bits per heavy atom. The molecule has 0 fully saturated rings. The van der Waals surface area contributed by atoms with E-state index in [2.05, 4.69) is 19.9 Å². The zero-order valence-corrected chi connectivity index (χ0v) is 10.5. The van der Waals surface area contributed by atoms with E-state index in [0.717, 1.165) is 0 Å². The van der Waals surface area contributed by atoms with E-state index in [0.29, 0.717) is 0 Å². The molecule has 0 aliphatic carbocycles. The summed E-state index contributed by atoms with van der Waals surface area (Å²) in [6.07, 6.45) is 2.71. The number of rotatable bonds is 5. The first-order valence-electron chi connectivity index (χ1n) is 5.63. The van der Waals surface area contributed by atoms with E-state index in [9.17, 15) is 13.6 Å². The van der Waals surface area contributed by atoms with E-state index in [-0.39, 0.29) is 28.7 Å². The van der Waals surface area contributed by atoms with E-state index in [4.69, 9.17) is 4.74 Å². The minimum absolute atomic E-state index is 0.113. The normalized spacial score (nSPS) is 10.6. The predicted molar refractivity (Wildman–Crippen MR) is 64.6 cm³/mol. The molecule has 0 aliphatic rings. The molecule has 2 rings (SSSR count). The molecular weight excluding hydrogens is 270 g/mol. The van der Waals surface area contributed by atoms with Crippen molar-refractivity contribution in [2.45, 2.75) is 13.3 Å². The molecule has 2 aromatic rings. The first-order chi connectivity index (χ1) is 9.58. The molecule has 8 heteroatoms. The second-order valence-corrected chi connectivity index (χ2v) is 3.75. The summed E-state index contributed by atoms with van der Waals surface area (Å²) in [4.78, 5) is 27.2. The smallest absolute Gasteiger partial charge is 0.272 e. The maximum atomic E-state index is 12.0. The first-order valence-corrected chi connectivity index (χ1v) is 5.63. The topological polar surface area (TPSA) is 77.9 Å². The Labute approximate surface area is 112 Å². The zero-order chi connectivity index (χ0) is 14.5. The fraction of sp³-hybridized carbons (Fsp3) is 0.250. The highest BCUT2D eigenvalue weighted by atomic mass is 19.3. The third-order valence-corrected chi connectivity index (χ3v) is 2.25. The number of nitrogens with zero attached hydrogens (tertiary/aromatic N) is 4. The van der Waals surface area contributed by atoms with Gasteiger partial charge in [-0.1, -0.05) is 0 Å². The second kappa shape index (κ2) is 6.09. The summed E-state index contributed by atoms with van der Waals surface area (Å²) >= 11 is 0. The van der Waals surface area contributed by atoms with Crippen LogP contribution in [0.4, 0.5) is 8.78 Å². The van der Waals surface area contributed by atoms with Crippen LogP contribution in [0.2, 0.25) is 0 Å². The van der Waals surface area contributed by atoms with Crippen molar-refractivity contribution in [2.24, 2.45) is 0 Å². The van der Waals surface area contributed by atoms with E-state index >= 15 is 0 Å². The van der Waals surface area contributed by atoms with Crippen molar-refractivity contribution < 1.29 is 18.3 Å². The quantitative estimate of drug-likeness (QED) is 0.777. The maximum Gasteiger partial charge on any atom is 0.272 e. The van der Waals surface area contributed by atoms with Gasteiger partial charge in [-0.25, -0.2) is 28.7 Å². The summed E-state index contributed by atoms with van der Waals surface area (Å²) < 4.78 is 28.7. The molecule has 0 spiro atoms. The largest absolute Gasteiger partial charge is 0.484 e. The van der Waals surface area contributed by atoms with Gasteiger partial charge in [0, 0.05) is 19.3 Å². The molecule has 0 atom stereocenters. The Hall–Kier alpha value is -2.51. The molecule has 0 saturated carbocycles. The predicted octanol–water partition coefficient (Wildman–Crippen LogP) is 1.78. The fourth-order valence-corrected chi connectivity index (χ4v) is 1.43. The molecule has 0 saturated heterocycles. The summed E-state index contributed by atoms with van der Waals surface area (Å²) in [5, 5.41) is 0. The highest BCUT2D eigenvalue weighted by Crippen LogP contribution is 2.17. The minimum Gasteiger partial charge on any atom is -0.484 e. The lowest BCUT2D eigenvalue weighted by Crippen LogP contribution is -2.08. The number of aromatic nitrogens is 4. The van der Waals surface area contributed by atoms with Crippen molar-refractivity contribution in [3.05, 3.63) is 30.5 Å². The molecule has 2 heterocycles. The fourth-order valence-electron chi connectivity index (χ4n) is 1.43. The van der Waals surface area contributed by atoms with Crippen molar-refractivity contribution in [1.82, 2.24) is 19.9 Å². The highest BCUT2D eigenvalue weighted by molar-refractivity contribution is 5.96. The van der Waals surface area contributed by atoms with Gasteiger partial charge in [0.15, 0.2) is 17.4 Å². The van der Waals surface area contributed by atoms with Gasteiger partial charge in [-0.3, -0.25) is 4.79 Å². The van der Waals surface area contributed by atoms with Crippen molar-refractivity contribution in [2.75, 3.05) is 6.61 Å². The van der Waals surface area contributed by atoms with Gasteiger partial charge in [0.2, 0.25) is 0 Å². The number of hydrogen-bond acceptors (Lipinski definition) is 6. The van der Waals surface area contributed by atoms with Crippen LogP contribution < -0.4 is 4.74 Å². The van der Waals surface area contributed by atoms with E-state index in [1.807, 2.05) is 0 Å². The third-order valence-electron chi connectivity index (χ3n) is 2.25. The van der Waals surface area contributed by atoms with Crippen molar-refractivity contribution in [3.63, 3.8) is 0 Å². The summed E-state index contributed by atoms with van der Waals surface area (Å²) in [5.41, 5.74) is 0.383. The second-order valence-electron chi connectivity index (χ2n) is 3.75. The van der Waals surface area contributed by atoms with Crippen LogP contribution >= 0.6 is 0 Å². The number of carbonyl (C=O) groups excluding carboxylic acids is 1. The Morgan fingerprint density at radius 2 is 1.85 bits per heavy atom.